The van der Waals surface area contributed by atoms with E-state index in [0.29, 0.717) is 27.4 Å². The number of halogens is 1. The lowest BCUT2D eigenvalue weighted by Gasteiger charge is -2.06. The summed E-state index contributed by atoms with van der Waals surface area (Å²) in [5, 5.41) is 2.98. The Hall–Kier alpha value is -2.15. The van der Waals surface area contributed by atoms with E-state index < -0.39 is 0 Å². The quantitative estimate of drug-likeness (QED) is 0.719. The largest absolute Gasteiger partial charge is 0.349 e. The Kier molecular flexibility index (Phi) is 3.45. The molecule has 1 amide bonds. The van der Waals surface area contributed by atoms with Crippen LogP contribution in [-0.2, 0) is 0 Å². The van der Waals surface area contributed by atoms with Crippen molar-refractivity contribution in [1.82, 2.24) is 19.7 Å². The van der Waals surface area contributed by atoms with Crippen molar-refractivity contribution in [2.75, 3.05) is 0 Å². The van der Waals surface area contributed by atoms with Gasteiger partial charge in [-0.3, -0.25) is 14.2 Å². The lowest BCUT2D eigenvalue weighted by atomic mass is 10.1. The Morgan fingerprint density at radius 1 is 1.30 bits per heavy atom. The maximum absolute atomic E-state index is 12.0. The third-order valence-electron chi connectivity index (χ3n) is 3.84. The molecule has 2 aromatic heterocycles. The molecule has 0 spiro atoms. The summed E-state index contributed by atoms with van der Waals surface area (Å²) >= 11 is 3.34. The Morgan fingerprint density at radius 2 is 2.04 bits per heavy atom. The van der Waals surface area contributed by atoms with Gasteiger partial charge in [-0.1, -0.05) is 12.1 Å². The molecule has 0 bridgehead atoms. The maximum atomic E-state index is 12.0. The van der Waals surface area contributed by atoms with Crippen LogP contribution < -0.4 is 10.9 Å². The van der Waals surface area contributed by atoms with Crippen LogP contribution >= 0.6 is 15.9 Å². The molecule has 2 heterocycles. The molecule has 1 N–H and O–H groups in total. The molecule has 0 atom stereocenters. The molecular weight excluding hydrogens is 355 g/mol. The van der Waals surface area contributed by atoms with E-state index in [2.05, 4.69) is 31.2 Å². The number of hydrogen-bond donors (Lipinski definition) is 1. The molecule has 23 heavy (non-hydrogen) atoms. The predicted octanol–water partition coefficient (Wildman–Crippen LogP) is 1.84. The topological polar surface area (TPSA) is 59.3 Å². The number of nitrogens with zero attached hydrogens (tertiary/aromatic N) is 3. The van der Waals surface area contributed by atoms with Crippen LogP contribution in [0.25, 0.3) is 16.9 Å². The van der Waals surface area contributed by atoms with Crippen LogP contribution in [0, 0.1) is 0 Å². The molecule has 2 radical (unpaired) electrons. The third kappa shape index (κ3) is 2.76. The first-order valence-corrected chi connectivity index (χ1v) is 8.11. The molecule has 1 saturated carbocycles. The van der Waals surface area contributed by atoms with Gasteiger partial charge in [0.05, 0.1) is 11.9 Å². The molecule has 1 fully saturated rings. The fourth-order valence-corrected chi connectivity index (χ4v) is 2.88. The standard InChI is InChI=1S/C16H12BBrN4O/c17-14-15-19-7-12(22(15)8-13(18)21-14)9-1-3-10(4-2-9)16(23)20-11-5-6-11/h1-4,7-8,11H,5-6H2,(H,20,23). The zero-order valence-electron chi connectivity index (χ0n) is 12.2. The molecule has 0 unspecified atom stereocenters. The molecule has 0 saturated heterocycles. The van der Waals surface area contributed by atoms with Crippen molar-refractivity contribution in [1.29, 1.82) is 0 Å². The number of benzene rings is 1. The number of amides is 1. The summed E-state index contributed by atoms with van der Waals surface area (Å²) in [6.07, 6.45) is 5.73. The highest BCUT2D eigenvalue weighted by Gasteiger charge is 2.23. The van der Waals surface area contributed by atoms with Gasteiger partial charge < -0.3 is 5.32 Å². The second-order valence-electron chi connectivity index (χ2n) is 5.61. The van der Waals surface area contributed by atoms with Crippen LogP contribution in [-0.4, -0.2) is 34.2 Å². The summed E-state index contributed by atoms with van der Waals surface area (Å²) in [5.41, 5.74) is 3.49. The summed E-state index contributed by atoms with van der Waals surface area (Å²) in [6, 6.07) is 7.83. The molecule has 1 aliphatic carbocycles. The van der Waals surface area contributed by atoms with E-state index in [1.807, 2.05) is 34.9 Å². The van der Waals surface area contributed by atoms with Gasteiger partial charge in [-0.2, -0.15) is 0 Å². The number of nitrogens with one attached hydrogen (secondary N) is 1. The van der Waals surface area contributed by atoms with Crippen molar-refractivity contribution in [2.24, 2.45) is 0 Å². The van der Waals surface area contributed by atoms with E-state index in [9.17, 15) is 4.79 Å². The number of imidazole rings is 1. The molecule has 4 rings (SSSR count). The molecule has 3 aromatic rings. The van der Waals surface area contributed by atoms with Gasteiger partial charge in [-0.05, 0) is 40.9 Å². The number of carbonyl (C=O) groups excluding carboxylic acids is 1. The summed E-state index contributed by atoms with van der Waals surface area (Å²) in [7, 11) is 5.89. The van der Waals surface area contributed by atoms with Crippen molar-refractivity contribution >= 4 is 40.9 Å². The molecule has 5 nitrogen and oxygen atoms in total. The first-order chi connectivity index (χ1) is 11.1. The maximum Gasteiger partial charge on any atom is 0.251 e. The van der Waals surface area contributed by atoms with E-state index in [0.717, 1.165) is 24.1 Å². The minimum Gasteiger partial charge on any atom is -0.349 e. The summed E-state index contributed by atoms with van der Waals surface area (Å²) in [5.74, 6) is -0.0200. The van der Waals surface area contributed by atoms with Gasteiger partial charge in [-0.25, -0.2) is 4.98 Å². The molecule has 0 aliphatic heterocycles. The van der Waals surface area contributed by atoms with Gasteiger partial charge in [0.15, 0.2) is 0 Å². The number of fused-ring (bicyclic) bond motifs is 1. The minimum absolute atomic E-state index is 0.0200. The second-order valence-corrected chi connectivity index (χ2v) is 6.42. The SMILES string of the molecule is [B]c1nc(Br)cn2c(-c3ccc(C(=O)NC4CC4)cc3)cnc12. The van der Waals surface area contributed by atoms with Crippen molar-refractivity contribution in [2.45, 2.75) is 18.9 Å². The highest BCUT2D eigenvalue weighted by molar-refractivity contribution is 9.10. The number of rotatable bonds is 3. The number of carbonyl (C=O) groups is 1. The van der Waals surface area contributed by atoms with Gasteiger partial charge in [0.25, 0.3) is 5.91 Å². The van der Waals surface area contributed by atoms with Crippen LogP contribution in [0.15, 0.2) is 41.3 Å². The summed E-state index contributed by atoms with van der Waals surface area (Å²) < 4.78 is 2.52. The average Bonchev–Trinajstić information content (AvgIpc) is 3.24. The Balaban J connectivity index is 1.69. The molecular formula is C16H12BBrN4O. The number of aromatic nitrogens is 3. The average molecular weight is 367 g/mol. The van der Waals surface area contributed by atoms with E-state index in [1.165, 1.54) is 0 Å². The third-order valence-corrected chi connectivity index (χ3v) is 4.23. The number of hydrogen-bond acceptors (Lipinski definition) is 3. The lowest BCUT2D eigenvalue weighted by Crippen LogP contribution is -2.25. The van der Waals surface area contributed by atoms with Crippen molar-refractivity contribution < 1.29 is 4.79 Å². The monoisotopic (exact) mass is 366 g/mol. The van der Waals surface area contributed by atoms with Crippen molar-refractivity contribution in [3.63, 3.8) is 0 Å². The first kappa shape index (κ1) is 14.4. The van der Waals surface area contributed by atoms with Crippen LogP contribution in [0.3, 0.4) is 0 Å². The molecule has 1 aromatic carbocycles. The van der Waals surface area contributed by atoms with Gasteiger partial charge in [0.1, 0.15) is 18.1 Å². The van der Waals surface area contributed by atoms with Gasteiger partial charge in [-0.15, -0.1) is 0 Å². The van der Waals surface area contributed by atoms with Gasteiger partial charge in [0, 0.05) is 29.0 Å². The van der Waals surface area contributed by atoms with Crippen LogP contribution in [0.5, 0.6) is 0 Å². The van der Waals surface area contributed by atoms with Crippen molar-refractivity contribution in [3.05, 3.63) is 46.8 Å². The smallest absolute Gasteiger partial charge is 0.251 e. The van der Waals surface area contributed by atoms with Gasteiger partial charge in [0.2, 0.25) is 0 Å². The normalized spacial score (nSPS) is 14.1. The summed E-state index contributed by atoms with van der Waals surface area (Å²) in [6.45, 7) is 0. The van der Waals surface area contributed by atoms with Crippen molar-refractivity contribution in [3.8, 4) is 11.3 Å². The predicted molar refractivity (Wildman–Crippen MR) is 92.0 cm³/mol. The fourth-order valence-electron chi connectivity index (χ4n) is 2.48. The van der Waals surface area contributed by atoms with E-state index in [4.69, 9.17) is 7.85 Å². The highest BCUT2D eigenvalue weighted by atomic mass is 79.9. The first-order valence-electron chi connectivity index (χ1n) is 7.32. The summed E-state index contributed by atoms with van der Waals surface area (Å²) in [4.78, 5) is 20.5. The van der Waals surface area contributed by atoms with E-state index in [-0.39, 0.29) is 5.91 Å². The fraction of sp³-hybridized carbons (Fsp3) is 0.188. The second kappa shape index (κ2) is 5.49. The molecule has 1 aliphatic rings. The minimum atomic E-state index is -0.0200. The Labute approximate surface area is 142 Å². The Bertz CT molecular complexity index is 902. The van der Waals surface area contributed by atoms with Crippen LogP contribution in [0.1, 0.15) is 23.2 Å². The molecule has 7 heteroatoms. The highest BCUT2D eigenvalue weighted by Crippen LogP contribution is 2.23. The Morgan fingerprint density at radius 3 is 2.74 bits per heavy atom. The van der Waals surface area contributed by atoms with E-state index in [1.54, 1.807) is 6.20 Å². The van der Waals surface area contributed by atoms with Gasteiger partial charge >= 0.3 is 0 Å². The van der Waals surface area contributed by atoms with E-state index >= 15 is 0 Å². The zero-order valence-corrected chi connectivity index (χ0v) is 13.7. The molecule has 112 valence electrons. The van der Waals surface area contributed by atoms with Crippen LogP contribution in [0.2, 0.25) is 0 Å². The lowest BCUT2D eigenvalue weighted by molar-refractivity contribution is 0.0951. The van der Waals surface area contributed by atoms with Crippen LogP contribution in [0.4, 0.5) is 0 Å². The zero-order chi connectivity index (χ0) is 16.0.